The third kappa shape index (κ3) is 6.61. The molecule has 1 aromatic carbocycles. The first kappa shape index (κ1) is 21.4. The molecular weight excluding hydrogens is 386 g/mol. The van der Waals surface area contributed by atoms with Crippen LogP contribution in [0.5, 0.6) is 0 Å². The topological polar surface area (TPSA) is 87.2 Å². The van der Waals surface area contributed by atoms with Crippen molar-refractivity contribution in [2.24, 2.45) is 0 Å². The van der Waals surface area contributed by atoms with E-state index in [-0.39, 0.29) is 11.8 Å². The second kappa shape index (κ2) is 11.0. The van der Waals surface area contributed by atoms with E-state index >= 15 is 0 Å². The summed E-state index contributed by atoms with van der Waals surface area (Å²) in [5.41, 5.74) is 1.10. The van der Waals surface area contributed by atoms with Gasteiger partial charge in [0.05, 0.1) is 0 Å². The summed E-state index contributed by atoms with van der Waals surface area (Å²) in [6, 6.07) is 6.96. The van der Waals surface area contributed by atoms with Crippen LogP contribution in [0, 0.1) is 0 Å². The van der Waals surface area contributed by atoms with E-state index in [0.29, 0.717) is 22.8 Å². The maximum Gasteiger partial charge on any atom is 0.286 e. The van der Waals surface area contributed by atoms with Gasteiger partial charge in [-0.3, -0.25) is 9.59 Å². The minimum Gasteiger partial charge on any atom is -0.352 e. The highest BCUT2D eigenvalue weighted by Crippen LogP contribution is 2.15. The molecule has 3 rings (SSSR count). The zero-order chi connectivity index (χ0) is 20.5. The molecule has 1 aliphatic rings. The van der Waals surface area contributed by atoms with Crippen LogP contribution in [0.2, 0.25) is 0 Å². The molecule has 0 spiro atoms. The van der Waals surface area contributed by atoms with Gasteiger partial charge in [0.1, 0.15) is 5.01 Å². The number of aryl methyl sites for hydroxylation is 1. The van der Waals surface area contributed by atoms with Gasteiger partial charge in [-0.05, 0) is 63.5 Å². The fourth-order valence-corrected chi connectivity index (χ4v) is 4.05. The number of anilines is 1. The predicted molar refractivity (Wildman–Crippen MR) is 116 cm³/mol. The van der Waals surface area contributed by atoms with Crippen LogP contribution in [0.15, 0.2) is 24.3 Å². The van der Waals surface area contributed by atoms with E-state index < -0.39 is 0 Å². The summed E-state index contributed by atoms with van der Waals surface area (Å²) >= 11 is 1.28. The lowest BCUT2D eigenvalue weighted by atomic mass is 10.2. The number of likely N-dealkylation sites (tertiary alicyclic amines) is 1. The molecule has 1 aliphatic heterocycles. The van der Waals surface area contributed by atoms with Crippen LogP contribution in [-0.2, 0) is 6.42 Å². The highest BCUT2D eigenvalue weighted by molar-refractivity contribution is 7.13. The molecule has 2 amide bonds. The number of nitrogens with one attached hydrogen (secondary N) is 2. The number of aromatic nitrogens is 2. The first-order chi connectivity index (χ1) is 14.2. The van der Waals surface area contributed by atoms with E-state index in [1.165, 1.54) is 50.1 Å². The standard InChI is InChI=1S/C21H29N5O2S/c1-2-18-24-25-21(29-18)20(28)23-17-10-7-9-16(15-17)19(27)22-11-8-14-26-12-5-3-4-6-13-26/h7,9-10,15H,2-6,8,11-14H2,1H3,(H,22,27)(H,23,28). The van der Waals surface area contributed by atoms with Gasteiger partial charge in [-0.2, -0.15) is 0 Å². The van der Waals surface area contributed by atoms with Crippen LogP contribution in [0.25, 0.3) is 0 Å². The number of hydrogen-bond donors (Lipinski definition) is 2. The van der Waals surface area contributed by atoms with E-state index in [4.69, 9.17) is 0 Å². The number of hydrogen-bond acceptors (Lipinski definition) is 6. The Morgan fingerprint density at radius 2 is 1.90 bits per heavy atom. The lowest BCUT2D eigenvalue weighted by Gasteiger charge is -2.19. The Bertz CT molecular complexity index is 815. The molecule has 2 heterocycles. The summed E-state index contributed by atoms with van der Waals surface area (Å²) in [6.45, 7) is 5.99. The van der Waals surface area contributed by atoms with Crippen LogP contribution in [0.3, 0.4) is 0 Å². The molecule has 29 heavy (non-hydrogen) atoms. The van der Waals surface area contributed by atoms with E-state index in [0.717, 1.165) is 24.4 Å². The van der Waals surface area contributed by atoms with Crippen LogP contribution in [-0.4, -0.2) is 53.1 Å². The van der Waals surface area contributed by atoms with Crippen molar-refractivity contribution < 1.29 is 9.59 Å². The van der Waals surface area contributed by atoms with Gasteiger partial charge in [0.25, 0.3) is 11.8 Å². The van der Waals surface area contributed by atoms with Crippen molar-refractivity contribution in [3.63, 3.8) is 0 Å². The molecule has 1 fully saturated rings. The molecule has 0 bridgehead atoms. The third-order valence-electron chi connectivity index (χ3n) is 4.98. The zero-order valence-electron chi connectivity index (χ0n) is 16.9. The molecule has 1 aromatic heterocycles. The molecule has 156 valence electrons. The van der Waals surface area contributed by atoms with Crippen molar-refractivity contribution in [3.8, 4) is 0 Å². The van der Waals surface area contributed by atoms with Gasteiger partial charge in [0.15, 0.2) is 0 Å². The molecule has 0 saturated carbocycles. The Hall–Kier alpha value is -2.32. The Morgan fingerprint density at radius 1 is 1.10 bits per heavy atom. The van der Waals surface area contributed by atoms with Crippen molar-refractivity contribution in [1.82, 2.24) is 20.4 Å². The molecule has 2 N–H and O–H groups in total. The smallest absolute Gasteiger partial charge is 0.286 e. The third-order valence-corrected chi connectivity index (χ3v) is 6.05. The van der Waals surface area contributed by atoms with Crippen LogP contribution < -0.4 is 10.6 Å². The first-order valence-electron chi connectivity index (χ1n) is 10.4. The second-order valence-electron chi connectivity index (χ2n) is 7.25. The molecule has 0 aliphatic carbocycles. The van der Waals surface area contributed by atoms with E-state index in [9.17, 15) is 9.59 Å². The number of carbonyl (C=O) groups excluding carboxylic acids is 2. The van der Waals surface area contributed by atoms with Gasteiger partial charge >= 0.3 is 0 Å². The van der Waals surface area contributed by atoms with Crippen LogP contribution in [0.1, 0.15) is 64.2 Å². The number of carbonyl (C=O) groups is 2. The molecule has 7 nitrogen and oxygen atoms in total. The number of rotatable bonds is 8. The fourth-order valence-electron chi connectivity index (χ4n) is 3.38. The molecule has 8 heteroatoms. The number of benzene rings is 1. The first-order valence-corrected chi connectivity index (χ1v) is 11.2. The highest BCUT2D eigenvalue weighted by Gasteiger charge is 2.14. The van der Waals surface area contributed by atoms with E-state index in [1.54, 1.807) is 24.3 Å². The van der Waals surface area contributed by atoms with Crippen molar-refractivity contribution in [1.29, 1.82) is 0 Å². The van der Waals surface area contributed by atoms with Gasteiger partial charge in [-0.1, -0.05) is 37.2 Å². The summed E-state index contributed by atoms with van der Waals surface area (Å²) in [6.07, 6.45) is 6.92. The van der Waals surface area contributed by atoms with Crippen molar-refractivity contribution in [2.45, 2.75) is 45.4 Å². The minimum absolute atomic E-state index is 0.124. The van der Waals surface area contributed by atoms with Crippen molar-refractivity contribution in [2.75, 3.05) is 31.5 Å². The maximum absolute atomic E-state index is 12.4. The average molecular weight is 416 g/mol. The molecule has 0 unspecified atom stereocenters. The van der Waals surface area contributed by atoms with Crippen LogP contribution in [0.4, 0.5) is 5.69 Å². The molecular formula is C21H29N5O2S. The van der Waals surface area contributed by atoms with Crippen molar-refractivity contribution >= 4 is 28.8 Å². The molecule has 1 saturated heterocycles. The lowest BCUT2D eigenvalue weighted by molar-refractivity contribution is 0.0950. The van der Waals surface area contributed by atoms with Gasteiger partial charge in [0, 0.05) is 17.8 Å². The summed E-state index contributed by atoms with van der Waals surface area (Å²) < 4.78 is 0. The zero-order valence-corrected chi connectivity index (χ0v) is 17.8. The Kier molecular flexibility index (Phi) is 8.13. The normalized spacial score (nSPS) is 14.9. The predicted octanol–water partition coefficient (Wildman–Crippen LogP) is 3.35. The maximum atomic E-state index is 12.4. The average Bonchev–Trinajstić information content (AvgIpc) is 3.08. The van der Waals surface area contributed by atoms with Gasteiger partial charge in [-0.15, -0.1) is 10.2 Å². The largest absolute Gasteiger partial charge is 0.352 e. The number of amides is 2. The molecule has 2 aromatic rings. The fraction of sp³-hybridized carbons (Fsp3) is 0.524. The van der Waals surface area contributed by atoms with Crippen LogP contribution >= 0.6 is 11.3 Å². The van der Waals surface area contributed by atoms with E-state index in [1.807, 2.05) is 6.92 Å². The number of nitrogens with zero attached hydrogens (tertiary/aromatic N) is 3. The summed E-state index contributed by atoms with van der Waals surface area (Å²) in [4.78, 5) is 27.2. The van der Waals surface area contributed by atoms with Gasteiger partial charge in [0.2, 0.25) is 5.01 Å². The quantitative estimate of drug-likeness (QED) is 0.646. The minimum atomic E-state index is -0.308. The highest BCUT2D eigenvalue weighted by atomic mass is 32.1. The van der Waals surface area contributed by atoms with Gasteiger partial charge < -0.3 is 15.5 Å². The molecule has 0 atom stereocenters. The summed E-state index contributed by atoms with van der Waals surface area (Å²) in [5.74, 6) is -0.432. The Balaban J connectivity index is 1.46. The lowest BCUT2D eigenvalue weighted by Crippen LogP contribution is -2.30. The molecule has 0 radical (unpaired) electrons. The Morgan fingerprint density at radius 3 is 2.62 bits per heavy atom. The SMILES string of the molecule is CCc1nnc(C(=O)Nc2cccc(C(=O)NCCCN3CCCCCC3)c2)s1. The Labute approximate surface area is 175 Å². The van der Waals surface area contributed by atoms with Gasteiger partial charge in [-0.25, -0.2) is 0 Å². The van der Waals surface area contributed by atoms with E-state index in [2.05, 4.69) is 25.7 Å². The summed E-state index contributed by atoms with van der Waals surface area (Å²) in [5, 5.41) is 14.8. The van der Waals surface area contributed by atoms with Crippen molar-refractivity contribution in [3.05, 3.63) is 39.8 Å². The summed E-state index contributed by atoms with van der Waals surface area (Å²) in [7, 11) is 0. The second-order valence-corrected chi connectivity index (χ2v) is 8.32. The monoisotopic (exact) mass is 415 g/mol.